The van der Waals surface area contributed by atoms with Crippen LogP contribution in [-0.2, 0) is 9.59 Å². The number of benzene rings is 2. The highest BCUT2D eigenvalue weighted by molar-refractivity contribution is 6.09. The third kappa shape index (κ3) is 16.4. The van der Waals surface area contributed by atoms with Crippen molar-refractivity contribution in [1.29, 1.82) is 0 Å². The molecule has 0 saturated carbocycles. The second-order valence-corrected chi connectivity index (χ2v) is 12.1. The van der Waals surface area contributed by atoms with Crippen LogP contribution in [0.4, 0.5) is 11.4 Å². The van der Waals surface area contributed by atoms with E-state index in [1.54, 1.807) is 64.1 Å². The molecule has 0 unspecified atom stereocenters. The van der Waals surface area contributed by atoms with Gasteiger partial charge < -0.3 is 56.5 Å². The number of hydrogen-bond acceptors (Lipinski definition) is 10. The average molecular weight is 745 g/mol. The lowest BCUT2D eigenvalue weighted by molar-refractivity contribution is -0.117. The standard InChI is InChI=1S/C34H52N18O2/c1-19(45-49-31(35)36)23-13-14-27(22(4)48-52-34(41)42)28(18-23)44-30(54)12-10-8-6-5-7-9-11-29(53)43-26-16-24(20(2)46-50-32(37)38)15-25(17-26)21(3)47-51-33(39)40/h13-18H,5-12H2,1-4H3,(H,43,53)(H,44,54)(H4,35,36,49)(H4,37,38,50)(H4,39,40,51)(H4,41,42,52)/b45-19-,46-20-,47-21-,48-22-. The number of anilines is 2. The summed E-state index contributed by atoms with van der Waals surface area (Å²) in [6.07, 6.45) is 5.54. The third-order valence-corrected chi connectivity index (χ3v) is 7.47. The number of hydrogen-bond donors (Lipinski definition) is 10. The summed E-state index contributed by atoms with van der Waals surface area (Å²) < 4.78 is 0. The molecule has 0 aliphatic carbocycles. The van der Waals surface area contributed by atoms with E-state index in [9.17, 15) is 9.59 Å². The van der Waals surface area contributed by atoms with Crippen molar-refractivity contribution in [2.75, 3.05) is 10.6 Å². The monoisotopic (exact) mass is 744 g/mol. The number of nitrogens with one attached hydrogen (secondary N) is 2. The normalized spacial score (nSPS) is 12.0. The minimum absolute atomic E-state index is 0.146. The number of nitrogens with zero attached hydrogens (tertiary/aromatic N) is 8. The van der Waals surface area contributed by atoms with Gasteiger partial charge in [-0.2, -0.15) is 20.4 Å². The molecular weight excluding hydrogens is 692 g/mol. The van der Waals surface area contributed by atoms with Gasteiger partial charge in [0.25, 0.3) is 0 Å². The molecule has 18 N–H and O–H groups in total. The Balaban J connectivity index is 1.93. The quantitative estimate of drug-likeness (QED) is 0.0426. The fourth-order valence-corrected chi connectivity index (χ4v) is 4.78. The van der Waals surface area contributed by atoms with Crippen LogP contribution >= 0.6 is 0 Å². The number of guanidine groups is 4. The average Bonchev–Trinajstić information content (AvgIpc) is 3.11. The molecular formula is C34H52N18O2. The van der Waals surface area contributed by atoms with Gasteiger partial charge in [0.2, 0.25) is 35.7 Å². The van der Waals surface area contributed by atoms with Gasteiger partial charge in [-0.1, -0.05) is 37.8 Å². The van der Waals surface area contributed by atoms with E-state index in [0.29, 0.717) is 82.2 Å². The Labute approximate surface area is 314 Å². The van der Waals surface area contributed by atoms with Gasteiger partial charge in [-0.25, -0.2) is 0 Å². The molecule has 2 rings (SSSR count). The smallest absolute Gasteiger partial charge is 0.224 e. The Bertz CT molecular complexity index is 1820. The van der Waals surface area contributed by atoms with E-state index in [1.807, 2.05) is 0 Å². The van der Waals surface area contributed by atoms with E-state index in [2.05, 4.69) is 51.4 Å². The van der Waals surface area contributed by atoms with E-state index in [1.165, 1.54) is 0 Å². The van der Waals surface area contributed by atoms with E-state index in [4.69, 9.17) is 45.9 Å². The van der Waals surface area contributed by atoms with E-state index >= 15 is 0 Å². The fourth-order valence-electron chi connectivity index (χ4n) is 4.78. The first-order valence-electron chi connectivity index (χ1n) is 17.0. The van der Waals surface area contributed by atoms with Gasteiger partial charge in [0.1, 0.15) is 0 Å². The maximum Gasteiger partial charge on any atom is 0.224 e. The van der Waals surface area contributed by atoms with Crippen molar-refractivity contribution in [1.82, 2.24) is 0 Å². The molecule has 0 aliphatic heterocycles. The lowest BCUT2D eigenvalue weighted by Crippen LogP contribution is -2.22. The maximum absolute atomic E-state index is 13.0. The molecule has 0 fully saturated rings. The summed E-state index contributed by atoms with van der Waals surface area (Å²) in [6.45, 7) is 6.91. The molecule has 20 nitrogen and oxygen atoms in total. The molecule has 0 radical (unpaired) electrons. The van der Waals surface area contributed by atoms with Gasteiger partial charge in [-0.3, -0.25) is 9.59 Å². The van der Waals surface area contributed by atoms with Crippen molar-refractivity contribution >= 4 is 69.9 Å². The van der Waals surface area contributed by atoms with Gasteiger partial charge >= 0.3 is 0 Å². The minimum atomic E-state index is -0.192. The Morgan fingerprint density at radius 3 is 1.30 bits per heavy atom. The van der Waals surface area contributed by atoms with Crippen molar-refractivity contribution in [3.63, 3.8) is 0 Å². The van der Waals surface area contributed by atoms with Crippen molar-refractivity contribution in [3.05, 3.63) is 58.7 Å². The predicted octanol–water partition coefficient (Wildman–Crippen LogP) is 1.37. The van der Waals surface area contributed by atoms with Crippen LogP contribution in [0.3, 0.4) is 0 Å². The summed E-state index contributed by atoms with van der Waals surface area (Å²) in [4.78, 5) is 25.8. The molecule has 2 aromatic rings. The van der Waals surface area contributed by atoms with Crippen LogP contribution in [0, 0.1) is 0 Å². The lowest BCUT2D eigenvalue weighted by atomic mass is 10.0. The molecule has 20 heteroatoms. The molecule has 2 amide bonds. The van der Waals surface area contributed by atoms with Crippen LogP contribution in [0.25, 0.3) is 0 Å². The first-order chi connectivity index (χ1) is 25.5. The molecule has 0 atom stereocenters. The Hall–Kier alpha value is -6.86. The molecule has 0 saturated heterocycles. The third-order valence-electron chi connectivity index (χ3n) is 7.47. The summed E-state index contributed by atoms with van der Waals surface area (Å²) in [7, 11) is 0. The van der Waals surface area contributed by atoms with Gasteiger partial charge in [0.15, 0.2) is 0 Å². The molecule has 0 bridgehead atoms. The van der Waals surface area contributed by atoms with Crippen LogP contribution < -0.4 is 56.5 Å². The number of carbonyl (C=O) groups is 2. The van der Waals surface area contributed by atoms with Crippen molar-refractivity contribution < 1.29 is 9.59 Å². The molecule has 2 aromatic carbocycles. The summed E-state index contributed by atoms with van der Waals surface area (Å²) in [5.74, 6) is -1.05. The summed E-state index contributed by atoms with van der Waals surface area (Å²) in [5, 5.41) is 36.8. The predicted molar refractivity (Wildman–Crippen MR) is 219 cm³/mol. The first-order valence-corrected chi connectivity index (χ1v) is 17.0. The van der Waals surface area contributed by atoms with Gasteiger partial charge in [-0.15, -0.1) is 20.4 Å². The first kappa shape index (κ1) is 43.3. The minimum Gasteiger partial charge on any atom is -0.369 e. The van der Waals surface area contributed by atoms with Crippen LogP contribution in [0.15, 0.2) is 77.2 Å². The zero-order valence-corrected chi connectivity index (χ0v) is 31.1. The topological polar surface area (TPSA) is 365 Å². The zero-order chi connectivity index (χ0) is 40.2. The number of carbonyl (C=O) groups excluding carboxylic acids is 2. The largest absolute Gasteiger partial charge is 0.369 e. The van der Waals surface area contributed by atoms with Crippen LogP contribution in [0.2, 0.25) is 0 Å². The molecule has 290 valence electrons. The lowest BCUT2D eigenvalue weighted by Gasteiger charge is -2.13. The second-order valence-electron chi connectivity index (χ2n) is 12.1. The highest BCUT2D eigenvalue weighted by Crippen LogP contribution is 2.22. The SMILES string of the molecule is C/C(=N/N=C(N)N)c1cc(NC(=O)CCCCCCCCC(=O)Nc2cc(/C(C)=N\N=C(N)N)ccc2/C(C)=N\N=C(N)N)cc(/C(C)=N\N=C(N)N)c1. The van der Waals surface area contributed by atoms with Crippen molar-refractivity contribution in [3.8, 4) is 0 Å². The highest BCUT2D eigenvalue weighted by Gasteiger charge is 2.13. The van der Waals surface area contributed by atoms with Crippen LogP contribution in [0.1, 0.15) is 101 Å². The number of nitrogens with two attached hydrogens (primary N) is 8. The highest BCUT2D eigenvalue weighted by atomic mass is 16.2. The van der Waals surface area contributed by atoms with Gasteiger partial charge in [0.05, 0.1) is 28.5 Å². The molecule has 0 spiro atoms. The summed E-state index contributed by atoms with van der Waals surface area (Å²) in [5.41, 5.74) is 49.0. The van der Waals surface area contributed by atoms with E-state index in [0.717, 1.165) is 25.7 Å². The number of amides is 2. The number of rotatable bonds is 19. The van der Waals surface area contributed by atoms with Crippen LogP contribution in [0.5, 0.6) is 0 Å². The maximum atomic E-state index is 13.0. The van der Waals surface area contributed by atoms with Crippen LogP contribution in [-0.4, -0.2) is 58.5 Å². The fraction of sp³-hybridized carbons (Fsp3) is 0.353. The molecule has 0 aliphatic rings. The number of unbranched alkanes of at least 4 members (excludes halogenated alkanes) is 5. The second kappa shape index (κ2) is 22.2. The van der Waals surface area contributed by atoms with E-state index in [-0.39, 0.29) is 35.7 Å². The Morgan fingerprint density at radius 2 is 0.852 bits per heavy atom. The Morgan fingerprint density at radius 1 is 0.463 bits per heavy atom. The summed E-state index contributed by atoms with van der Waals surface area (Å²) >= 11 is 0. The van der Waals surface area contributed by atoms with Crippen molar-refractivity contribution in [2.24, 2.45) is 86.7 Å². The summed E-state index contributed by atoms with van der Waals surface area (Å²) in [6, 6.07) is 10.6. The van der Waals surface area contributed by atoms with Gasteiger partial charge in [0, 0.05) is 35.2 Å². The van der Waals surface area contributed by atoms with E-state index < -0.39 is 0 Å². The Kier molecular flexibility index (Phi) is 17.8. The molecule has 0 heterocycles. The molecule has 54 heavy (non-hydrogen) atoms. The molecule has 0 aromatic heterocycles. The van der Waals surface area contributed by atoms with Crippen molar-refractivity contribution in [2.45, 2.75) is 79.1 Å². The zero-order valence-electron chi connectivity index (χ0n) is 31.1. The van der Waals surface area contributed by atoms with Gasteiger partial charge in [-0.05, 0) is 70.4 Å².